The Hall–Kier alpha value is -2.52. The number of halogens is 4. The van der Waals surface area contributed by atoms with Gasteiger partial charge in [0.1, 0.15) is 0 Å². The molecule has 1 atom stereocenters. The van der Waals surface area contributed by atoms with E-state index in [1.165, 1.54) is 13.0 Å². The highest BCUT2D eigenvalue weighted by Gasteiger charge is 2.34. The number of alkyl halides is 3. The summed E-state index contributed by atoms with van der Waals surface area (Å²) in [4.78, 5) is 12.4. The molecule has 0 aliphatic heterocycles. The highest BCUT2D eigenvalue weighted by atomic mass is 35.5. The summed E-state index contributed by atoms with van der Waals surface area (Å²) in [6.45, 7) is 3.45. The highest BCUT2D eigenvalue weighted by molar-refractivity contribution is 8.00. The summed E-state index contributed by atoms with van der Waals surface area (Å²) in [6.07, 6.45) is -4.65. The van der Waals surface area contributed by atoms with E-state index < -0.39 is 22.9 Å². The fourth-order valence-corrected chi connectivity index (χ4v) is 3.31. The standard InChI is InChI=1S/C19H15ClF3N3O2S/c1-10-4-3-5-12(8-10)17-25-26-18(28-17)29-11(2)16(27)24-15-7-6-13(20)9-14(15)19(21,22)23/h3-9,11H,1-2H3,(H,24,27). The van der Waals surface area contributed by atoms with Crippen LogP contribution in [-0.4, -0.2) is 21.4 Å². The number of carbonyl (C=O) groups is 1. The van der Waals surface area contributed by atoms with Crippen molar-refractivity contribution in [2.75, 3.05) is 5.32 Å². The lowest BCUT2D eigenvalue weighted by Gasteiger charge is -2.15. The minimum absolute atomic E-state index is 0.0766. The number of carbonyl (C=O) groups excluding carboxylic acids is 1. The van der Waals surface area contributed by atoms with Gasteiger partial charge in [-0.1, -0.05) is 41.1 Å². The van der Waals surface area contributed by atoms with Crippen LogP contribution in [-0.2, 0) is 11.0 Å². The van der Waals surface area contributed by atoms with Crippen molar-refractivity contribution in [2.24, 2.45) is 0 Å². The summed E-state index contributed by atoms with van der Waals surface area (Å²) in [5.74, 6) is -0.348. The van der Waals surface area contributed by atoms with E-state index in [1.807, 2.05) is 31.2 Å². The fraction of sp³-hybridized carbons (Fsp3) is 0.211. The summed E-state index contributed by atoms with van der Waals surface area (Å²) in [7, 11) is 0. The summed E-state index contributed by atoms with van der Waals surface area (Å²) in [5.41, 5.74) is 0.365. The van der Waals surface area contributed by atoms with Crippen LogP contribution in [0.15, 0.2) is 52.1 Å². The van der Waals surface area contributed by atoms with E-state index in [2.05, 4.69) is 15.5 Å². The van der Waals surface area contributed by atoms with Crippen LogP contribution >= 0.6 is 23.4 Å². The molecule has 1 N–H and O–H groups in total. The third kappa shape index (κ3) is 5.30. The summed E-state index contributed by atoms with van der Waals surface area (Å²) in [6, 6.07) is 10.6. The van der Waals surface area contributed by atoms with Crippen LogP contribution < -0.4 is 5.32 Å². The first-order valence-electron chi connectivity index (χ1n) is 8.38. The molecule has 0 bridgehead atoms. The number of aryl methyl sites for hydroxylation is 1. The number of anilines is 1. The first-order chi connectivity index (χ1) is 13.6. The second-order valence-corrected chi connectivity index (χ2v) is 7.91. The number of hydrogen-bond acceptors (Lipinski definition) is 5. The third-order valence-corrected chi connectivity index (χ3v) is 5.03. The molecule has 3 aromatic rings. The quantitative estimate of drug-likeness (QED) is 0.504. The minimum Gasteiger partial charge on any atom is -0.411 e. The minimum atomic E-state index is -4.65. The van der Waals surface area contributed by atoms with E-state index in [9.17, 15) is 18.0 Å². The Balaban J connectivity index is 1.71. The summed E-state index contributed by atoms with van der Waals surface area (Å²) in [5, 5.41) is 9.40. The number of thioether (sulfide) groups is 1. The Morgan fingerprint density at radius 2 is 1.97 bits per heavy atom. The molecule has 1 heterocycles. The van der Waals surface area contributed by atoms with E-state index in [-0.39, 0.29) is 15.9 Å². The van der Waals surface area contributed by atoms with E-state index in [1.54, 1.807) is 0 Å². The van der Waals surface area contributed by atoms with Gasteiger partial charge in [0, 0.05) is 10.6 Å². The lowest BCUT2D eigenvalue weighted by molar-refractivity contribution is -0.137. The highest BCUT2D eigenvalue weighted by Crippen LogP contribution is 2.37. The Morgan fingerprint density at radius 3 is 2.66 bits per heavy atom. The number of rotatable bonds is 5. The van der Waals surface area contributed by atoms with Crippen molar-refractivity contribution in [1.82, 2.24) is 10.2 Å². The maximum absolute atomic E-state index is 13.2. The molecule has 0 aliphatic carbocycles. The predicted octanol–water partition coefficient (Wildman–Crippen LogP) is 5.84. The zero-order chi connectivity index (χ0) is 21.2. The Bertz CT molecular complexity index is 1040. The molecule has 152 valence electrons. The van der Waals surface area contributed by atoms with Gasteiger partial charge in [-0.15, -0.1) is 10.2 Å². The van der Waals surface area contributed by atoms with Crippen LogP contribution in [0, 0.1) is 6.92 Å². The van der Waals surface area contributed by atoms with Gasteiger partial charge in [0.25, 0.3) is 5.22 Å². The van der Waals surface area contributed by atoms with Crippen molar-refractivity contribution >= 4 is 35.0 Å². The van der Waals surface area contributed by atoms with Crippen LogP contribution in [0.1, 0.15) is 18.1 Å². The summed E-state index contributed by atoms with van der Waals surface area (Å²) >= 11 is 6.59. The number of benzene rings is 2. The van der Waals surface area contributed by atoms with Crippen molar-refractivity contribution in [3.05, 3.63) is 58.6 Å². The van der Waals surface area contributed by atoms with Crippen LogP contribution in [0.3, 0.4) is 0 Å². The van der Waals surface area contributed by atoms with Gasteiger partial charge < -0.3 is 9.73 Å². The molecule has 1 amide bonds. The number of hydrogen-bond donors (Lipinski definition) is 1. The SMILES string of the molecule is Cc1cccc(-c2nnc(SC(C)C(=O)Nc3ccc(Cl)cc3C(F)(F)F)o2)c1. The fourth-order valence-electron chi connectivity index (χ4n) is 2.45. The monoisotopic (exact) mass is 441 g/mol. The molecule has 29 heavy (non-hydrogen) atoms. The van der Waals surface area contributed by atoms with E-state index in [0.717, 1.165) is 35.0 Å². The lowest BCUT2D eigenvalue weighted by Crippen LogP contribution is -2.24. The van der Waals surface area contributed by atoms with Gasteiger partial charge in [0.05, 0.1) is 16.5 Å². The molecule has 0 radical (unpaired) electrons. The van der Waals surface area contributed by atoms with E-state index in [0.29, 0.717) is 5.89 Å². The number of aromatic nitrogens is 2. The molecule has 0 saturated carbocycles. The second-order valence-electron chi connectivity index (χ2n) is 6.18. The van der Waals surface area contributed by atoms with E-state index >= 15 is 0 Å². The molecule has 0 saturated heterocycles. The molecule has 0 aliphatic rings. The zero-order valence-corrected chi connectivity index (χ0v) is 16.8. The van der Waals surface area contributed by atoms with Crippen LogP contribution in [0.25, 0.3) is 11.5 Å². The van der Waals surface area contributed by atoms with Crippen LogP contribution in [0.5, 0.6) is 0 Å². The molecule has 3 rings (SSSR count). The molecule has 2 aromatic carbocycles. The lowest BCUT2D eigenvalue weighted by atomic mass is 10.1. The van der Waals surface area contributed by atoms with Gasteiger partial charge in [-0.3, -0.25) is 4.79 Å². The van der Waals surface area contributed by atoms with Crippen molar-refractivity contribution in [3.8, 4) is 11.5 Å². The van der Waals surface area contributed by atoms with Gasteiger partial charge in [-0.2, -0.15) is 13.2 Å². The van der Waals surface area contributed by atoms with Gasteiger partial charge >= 0.3 is 6.18 Å². The molecule has 0 spiro atoms. The largest absolute Gasteiger partial charge is 0.418 e. The molecule has 5 nitrogen and oxygen atoms in total. The maximum atomic E-state index is 13.2. The van der Waals surface area contributed by atoms with Crippen molar-refractivity contribution in [2.45, 2.75) is 30.5 Å². The third-order valence-electron chi connectivity index (χ3n) is 3.86. The molecular formula is C19H15ClF3N3O2S. The zero-order valence-electron chi connectivity index (χ0n) is 15.2. The molecule has 0 fully saturated rings. The van der Waals surface area contributed by atoms with Gasteiger partial charge in [-0.25, -0.2) is 0 Å². The van der Waals surface area contributed by atoms with Gasteiger partial charge in [-0.05, 0) is 44.2 Å². The molecular weight excluding hydrogens is 427 g/mol. The maximum Gasteiger partial charge on any atom is 0.418 e. The number of nitrogens with one attached hydrogen (secondary N) is 1. The average molecular weight is 442 g/mol. The van der Waals surface area contributed by atoms with Crippen molar-refractivity contribution in [3.63, 3.8) is 0 Å². The van der Waals surface area contributed by atoms with E-state index in [4.69, 9.17) is 16.0 Å². The number of amides is 1. The topological polar surface area (TPSA) is 68.0 Å². The van der Waals surface area contributed by atoms with Crippen LogP contribution in [0.2, 0.25) is 5.02 Å². The van der Waals surface area contributed by atoms with Crippen LogP contribution in [0.4, 0.5) is 18.9 Å². The first-order valence-corrected chi connectivity index (χ1v) is 9.64. The van der Waals surface area contributed by atoms with Gasteiger partial charge in [0.2, 0.25) is 11.8 Å². The second kappa shape index (κ2) is 8.46. The smallest absolute Gasteiger partial charge is 0.411 e. The number of nitrogens with zero attached hydrogens (tertiary/aromatic N) is 2. The summed E-state index contributed by atoms with van der Waals surface area (Å²) < 4.78 is 45.1. The predicted molar refractivity (Wildman–Crippen MR) is 105 cm³/mol. The Morgan fingerprint density at radius 1 is 1.21 bits per heavy atom. The van der Waals surface area contributed by atoms with Crippen molar-refractivity contribution < 1.29 is 22.4 Å². The van der Waals surface area contributed by atoms with Crippen molar-refractivity contribution in [1.29, 1.82) is 0 Å². The van der Waals surface area contributed by atoms with Gasteiger partial charge in [0.15, 0.2) is 0 Å². The molecule has 1 aromatic heterocycles. The molecule has 10 heteroatoms. The first kappa shape index (κ1) is 21.2. The normalized spacial score (nSPS) is 12.6. The average Bonchev–Trinajstić information content (AvgIpc) is 3.11. The molecule has 1 unspecified atom stereocenters. The Labute approximate surface area is 173 Å². The Kier molecular flexibility index (Phi) is 6.18.